The maximum absolute atomic E-state index is 12.5. The minimum atomic E-state index is -3.37. The number of hydrogen-bond donors (Lipinski definition) is 2. The third kappa shape index (κ3) is 5.97. The Bertz CT molecular complexity index is 1230. The number of carbonyl (C=O) groups excluding carboxylic acids is 2. The Balaban J connectivity index is 1.71. The van der Waals surface area contributed by atoms with Crippen molar-refractivity contribution in [1.29, 1.82) is 0 Å². The van der Waals surface area contributed by atoms with Gasteiger partial charge >= 0.3 is 0 Å². The van der Waals surface area contributed by atoms with Crippen LogP contribution in [0.25, 0.3) is 6.08 Å². The molecule has 0 aliphatic rings. The van der Waals surface area contributed by atoms with Crippen LogP contribution in [0, 0.1) is 0 Å². The molecule has 0 unspecified atom stereocenters. The molecule has 0 fully saturated rings. The Labute approximate surface area is 188 Å². The summed E-state index contributed by atoms with van der Waals surface area (Å²) in [5.74, 6) is -0.429. The van der Waals surface area contributed by atoms with Crippen molar-refractivity contribution >= 4 is 62.3 Å². The average molecular weight is 479 g/mol. The van der Waals surface area contributed by atoms with E-state index in [-0.39, 0.29) is 26.2 Å². The van der Waals surface area contributed by atoms with Crippen molar-refractivity contribution in [2.75, 3.05) is 16.9 Å². The van der Waals surface area contributed by atoms with Crippen LogP contribution >= 0.6 is 23.2 Å². The molecule has 0 atom stereocenters. The van der Waals surface area contributed by atoms with Gasteiger partial charge in [0.15, 0.2) is 9.84 Å². The highest BCUT2D eigenvalue weighted by molar-refractivity contribution is 7.90. The van der Waals surface area contributed by atoms with Crippen molar-refractivity contribution in [1.82, 2.24) is 0 Å². The van der Waals surface area contributed by atoms with Crippen LogP contribution in [0.1, 0.15) is 16.1 Å². The summed E-state index contributed by atoms with van der Waals surface area (Å²) in [4.78, 5) is 24.6. The van der Waals surface area contributed by atoms with Crippen LogP contribution < -0.4 is 10.6 Å². The summed E-state index contributed by atoms with van der Waals surface area (Å²) in [5, 5.41) is 5.42. The van der Waals surface area contributed by atoms with Gasteiger partial charge in [-0.2, -0.15) is 0 Å². The van der Waals surface area contributed by atoms with Gasteiger partial charge in [0.25, 0.3) is 5.91 Å². The number of nitrogens with one attached hydrogen (secondary N) is 2. The minimum absolute atomic E-state index is 0.0984. The summed E-state index contributed by atoms with van der Waals surface area (Å²) in [6, 6.07) is 11.7. The van der Waals surface area contributed by atoms with E-state index in [0.717, 1.165) is 6.26 Å². The summed E-state index contributed by atoms with van der Waals surface area (Å²) in [5.41, 5.74) is 0.712. The van der Waals surface area contributed by atoms with E-state index in [1.54, 1.807) is 12.1 Å². The van der Waals surface area contributed by atoms with E-state index in [1.807, 2.05) is 0 Å². The standard InChI is InChI=1S/C21H16Cl2N2O5S/c1-31(28,29)16-7-4-13(5-8-16)21(27)25-20-17(22)11-14(12-18(20)23)24-19(26)9-6-15-3-2-10-30-15/h2-12H,1H3,(H,24,26)(H,25,27). The highest BCUT2D eigenvalue weighted by atomic mass is 35.5. The Morgan fingerprint density at radius 1 is 1.00 bits per heavy atom. The molecule has 31 heavy (non-hydrogen) atoms. The largest absolute Gasteiger partial charge is 0.465 e. The second-order valence-electron chi connectivity index (χ2n) is 6.40. The summed E-state index contributed by atoms with van der Waals surface area (Å²) in [6.07, 6.45) is 5.36. The Morgan fingerprint density at radius 2 is 1.65 bits per heavy atom. The van der Waals surface area contributed by atoms with Crippen LogP contribution in [0.15, 0.2) is 70.2 Å². The molecule has 2 aromatic carbocycles. The molecule has 0 saturated carbocycles. The number of furan rings is 1. The second-order valence-corrected chi connectivity index (χ2v) is 9.23. The highest BCUT2D eigenvalue weighted by Crippen LogP contribution is 2.34. The smallest absolute Gasteiger partial charge is 0.255 e. The van der Waals surface area contributed by atoms with E-state index >= 15 is 0 Å². The molecule has 0 aliphatic carbocycles. The molecule has 1 aromatic heterocycles. The zero-order valence-corrected chi connectivity index (χ0v) is 18.4. The summed E-state index contributed by atoms with van der Waals surface area (Å²) < 4.78 is 28.2. The number of carbonyl (C=O) groups is 2. The summed E-state index contributed by atoms with van der Waals surface area (Å²) in [6.45, 7) is 0. The molecule has 160 valence electrons. The second kappa shape index (κ2) is 9.38. The van der Waals surface area contributed by atoms with E-state index < -0.39 is 21.7 Å². The van der Waals surface area contributed by atoms with Crippen molar-refractivity contribution in [2.24, 2.45) is 0 Å². The molecule has 0 aliphatic heterocycles. The van der Waals surface area contributed by atoms with Crippen LogP contribution in [0.5, 0.6) is 0 Å². The zero-order chi connectivity index (χ0) is 22.6. The number of halogens is 2. The number of rotatable bonds is 6. The summed E-state index contributed by atoms with van der Waals surface area (Å²) in [7, 11) is -3.37. The molecule has 10 heteroatoms. The number of hydrogen-bond acceptors (Lipinski definition) is 5. The van der Waals surface area contributed by atoms with Gasteiger partial charge in [0.1, 0.15) is 5.76 Å². The molecule has 0 spiro atoms. The Morgan fingerprint density at radius 3 is 2.19 bits per heavy atom. The molecule has 3 aromatic rings. The quantitative estimate of drug-likeness (QED) is 0.490. The Hall–Kier alpha value is -3.07. The summed E-state index contributed by atoms with van der Waals surface area (Å²) >= 11 is 12.5. The third-order valence-corrected chi connectivity index (χ3v) is 5.76. The number of benzene rings is 2. The lowest BCUT2D eigenvalue weighted by molar-refractivity contribution is -0.111. The van der Waals surface area contributed by atoms with Crippen LogP contribution in [-0.2, 0) is 14.6 Å². The molecule has 3 rings (SSSR count). The predicted octanol–water partition coefficient (Wildman–Crippen LogP) is 4.89. The first-order valence-electron chi connectivity index (χ1n) is 8.76. The van der Waals surface area contributed by atoms with Gasteiger partial charge < -0.3 is 15.1 Å². The van der Waals surface area contributed by atoms with Crippen molar-refractivity contribution in [3.05, 3.63) is 82.2 Å². The van der Waals surface area contributed by atoms with E-state index in [0.29, 0.717) is 11.4 Å². The van der Waals surface area contributed by atoms with Gasteiger partial charge in [0.2, 0.25) is 5.91 Å². The molecule has 0 bridgehead atoms. The molecule has 1 heterocycles. The van der Waals surface area contributed by atoms with Crippen LogP contribution in [-0.4, -0.2) is 26.5 Å². The molecule has 0 saturated heterocycles. The molecule has 2 N–H and O–H groups in total. The average Bonchev–Trinajstić information content (AvgIpc) is 3.22. The van der Waals surface area contributed by atoms with Gasteiger partial charge in [0.05, 0.1) is 26.9 Å². The SMILES string of the molecule is CS(=O)(=O)c1ccc(C(=O)Nc2c(Cl)cc(NC(=O)C=Cc3ccco3)cc2Cl)cc1. The normalized spacial score (nSPS) is 11.5. The topological polar surface area (TPSA) is 105 Å². The predicted molar refractivity (Wildman–Crippen MR) is 120 cm³/mol. The molecule has 2 amide bonds. The van der Waals surface area contributed by atoms with E-state index in [1.165, 1.54) is 54.8 Å². The van der Waals surface area contributed by atoms with Crippen LogP contribution in [0.2, 0.25) is 10.0 Å². The number of sulfone groups is 1. The molecule has 7 nitrogen and oxygen atoms in total. The fourth-order valence-electron chi connectivity index (χ4n) is 2.53. The van der Waals surface area contributed by atoms with E-state index in [4.69, 9.17) is 27.6 Å². The first kappa shape index (κ1) is 22.6. The monoisotopic (exact) mass is 478 g/mol. The maximum atomic E-state index is 12.5. The Kier molecular flexibility index (Phi) is 6.84. The number of anilines is 2. The van der Waals surface area contributed by atoms with Gasteiger partial charge in [-0.3, -0.25) is 9.59 Å². The molecule has 0 radical (unpaired) electrons. The zero-order valence-electron chi connectivity index (χ0n) is 16.1. The van der Waals surface area contributed by atoms with Gasteiger partial charge in [-0.25, -0.2) is 8.42 Å². The van der Waals surface area contributed by atoms with Crippen molar-refractivity contribution in [3.8, 4) is 0 Å². The highest BCUT2D eigenvalue weighted by Gasteiger charge is 2.15. The first-order valence-corrected chi connectivity index (χ1v) is 11.4. The van der Waals surface area contributed by atoms with Gasteiger partial charge in [-0.15, -0.1) is 0 Å². The van der Waals surface area contributed by atoms with Crippen LogP contribution in [0.3, 0.4) is 0 Å². The molecular weight excluding hydrogens is 463 g/mol. The third-order valence-electron chi connectivity index (χ3n) is 4.03. The van der Waals surface area contributed by atoms with Crippen molar-refractivity contribution in [2.45, 2.75) is 4.90 Å². The maximum Gasteiger partial charge on any atom is 0.255 e. The lowest BCUT2D eigenvalue weighted by Gasteiger charge is -2.12. The lowest BCUT2D eigenvalue weighted by atomic mass is 10.2. The van der Waals surface area contributed by atoms with Gasteiger partial charge in [-0.05, 0) is 54.6 Å². The van der Waals surface area contributed by atoms with Crippen molar-refractivity contribution in [3.63, 3.8) is 0 Å². The number of amides is 2. The fraction of sp³-hybridized carbons (Fsp3) is 0.0476. The van der Waals surface area contributed by atoms with E-state index in [2.05, 4.69) is 10.6 Å². The fourth-order valence-corrected chi connectivity index (χ4v) is 3.74. The van der Waals surface area contributed by atoms with E-state index in [9.17, 15) is 18.0 Å². The van der Waals surface area contributed by atoms with Crippen molar-refractivity contribution < 1.29 is 22.4 Å². The lowest BCUT2D eigenvalue weighted by Crippen LogP contribution is -2.13. The first-order chi connectivity index (χ1) is 14.6. The minimum Gasteiger partial charge on any atom is -0.465 e. The van der Waals surface area contributed by atoms with Gasteiger partial charge in [0, 0.05) is 23.6 Å². The molecular formula is C21H16Cl2N2O5S. The van der Waals surface area contributed by atoms with Crippen LogP contribution in [0.4, 0.5) is 11.4 Å². The van der Waals surface area contributed by atoms with Gasteiger partial charge in [-0.1, -0.05) is 23.2 Å².